The van der Waals surface area contributed by atoms with Crippen LogP contribution in [0.25, 0.3) is 0 Å². The predicted octanol–water partition coefficient (Wildman–Crippen LogP) is 4.60. The molecule has 0 bridgehead atoms. The number of ether oxygens (including phenoxy) is 1. The summed E-state index contributed by atoms with van der Waals surface area (Å²) in [5, 5.41) is 3.84. The second-order valence-corrected chi connectivity index (χ2v) is 8.92. The number of Topliss-reactive ketones (excluding diaryl/α,β-unsaturated/α-hetero) is 1. The monoisotopic (exact) mass is 506 g/mol. The molecular weight excluding hydrogens is 471 g/mol. The highest BCUT2D eigenvalue weighted by molar-refractivity contribution is 6.31. The van der Waals surface area contributed by atoms with Crippen molar-refractivity contribution in [1.29, 1.82) is 0 Å². The summed E-state index contributed by atoms with van der Waals surface area (Å²) in [5.74, 6) is 0.529. The normalized spacial score (nSPS) is 19.2. The molecule has 3 heterocycles. The number of carbonyl (C=O) groups is 2. The number of nitrogens with zero attached hydrogens (tertiary/aromatic N) is 3. The molecule has 2 unspecified atom stereocenters. The first-order valence-corrected chi connectivity index (χ1v) is 12.3. The topological polar surface area (TPSA) is 76.5 Å². The van der Waals surface area contributed by atoms with E-state index in [0.29, 0.717) is 29.8 Å². The van der Waals surface area contributed by atoms with Gasteiger partial charge in [0.25, 0.3) is 0 Å². The van der Waals surface area contributed by atoms with E-state index in [-0.39, 0.29) is 17.6 Å². The SMILES string of the molecule is C/C=C/C1COCCN1.CC(=O)c1cnc2n1C(C)CN(C=O)C2.CCCc1ccc(F)cc1Cl. The molecule has 35 heavy (non-hydrogen) atoms. The van der Waals surface area contributed by atoms with E-state index in [1.807, 2.05) is 24.5 Å². The Morgan fingerprint density at radius 3 is 2.74 bits per heavy atom. The molecule has 1 aromatic carbocycles. The Balaban J connectivity index is 0.000000193. The second-order valence-electron chi connectivity index (χ2n) is 8.52. The number of amides is 1. The summed E-state index contributed by atoms with van der Waals surface area (Å²) in [7, 11) is 0. The number of hydrogen-bond acceptors (Lipinski definition) is 5. The standard InChI is InChI=1S/C10H13N3O2.C9H10ClF.C7H13NO/c1-7-4-12(6-14)5-10-11-3-9(8(2)15)13(7)10;1-2-3-7-4-5-8(11)6-9(7)10;1-2-3-7-6-9-5-4-8-7/h3,6-7H,4-5H2,1-2H3;4-6H,2-3H2,1H3;2-3,7-8H,4-6H2,1H3/b;;3-2+. The zero-order valence-corrected chi connectivity index (χ0v) is 21.7. The van der Waals surface area contributed by atoms with Gasteiger partial charge in [-0.1, -0.05) is 43.2 Å². The van der Waals surface area contributed by atoms with Crippen LogP contribution in [0.1, 0.15) is 62.0 Å². The van der Waals surface area contributed by atoms with Gasteiger partial charge in [0.15, 0.2) is 5.78 Å². The van der Waals surface area contributed by atoms with Gasteiger partial charge in [0.2, 0.25) is 6.41 Å². The minimum Gasteiger partial charge on any atom is -0.378 e. The fraction of sp³-hybridized carbons (Fsp3) is 0.500. The maximum atomic E-state index is 12.5. The lowest BCUT2D eigenvalue weighted by Gasteiger charge is -2.30. The van der Waals surface area contributed by atoms with E-state index in [1.165, 1.54) is 19.1 Å². The minimum atomic E-state index is -0.269. The van der Waals surface area contributed by atoms with Crippen molar-refractivity contribution < 1.29 is 18.7 Å². The van der Waals surface area contributed by atoms with Crippen molar-refractivity contribution in [3.8, 4) is 0 Å². The van der Waals surface area contributed by atoms with Gasteiger partial charge < -0.3 is 19.5 Å². The second kappa shape index (κ2) is 14.8. The zero-order chi connectivity index (χ0) is 25.8. The van der Waals surface area contributed by atoms with Crippen molar-refractivity contribution in [3.63, 3.8) is 0 Å². The van der Waals surface area contributed by atoms with Crippen molar-refractivity contribution in [2.45, 2.75) is 59.2 Å². The van der Waals surface area contributed by atoms with E-state index >= 15 is 0 Å². The lowest BCUT2D eigenvalue weighted by atomic mass is 10.1. The molecular formula is C26H36ClFN4O3. The summed E-state index contributed by atoms with van der Waals surface area (Å²) in [6.45, 7) is 11.4. The molecule has 1 aromatic heterocycles. The van der Waals surface area contributed by atoms with E-state index < -0.39 is 0 Å². The molecule has 2 aliphatic rings. The van der Waals surface area contributed by atoms with Crippen LogP contribution in [0, 0.1) is 5.82 Å². The summed E-state index contributed by atoms with van der Waals surface area (Å²) in [5.41, 5.74) is 1.65. The van der Waals surface area contributed by atoms with Crippen molar-refractivity contribution in [3.05, 3.63) is 64.5 Å². The molecule has 1 saturated heterocycles. The molecule has 1 N–H and O–H groups in total. The average molecular weight is 507 g/mol. The number of benzene rings is 1. The number of halogens is 2. The highest BCUT2D eigenvalue weighted by atomic mass is 35.5. The van der Waals surface area contributed by atoms with Crippen LogP contribution < -0.4 is 5.32 Å². The largest absolute Gasteiger partial charge is 0.378 e. The third-order valence-electron chi connectivity index (χ3n) is 5.58. The fourth-order valence-corrected chi connectivity index (χ4v) is 4.21. The number of aryl methyl sites for hydroxylation is 1. The predicted molar refractivity (Wildman–Crippen MR) is 136 cm³/mol. The highest BCUT2D eigenvalue weighted by Crippen LogP contribution is 2.22. The molecule has 2 atom stereocenters. The van der Waals surface area contributed by atoms with Crippen LogP contribution in [-0.4, -0.2) is 59.0 Å². The van der Waals surface area contributed by atoms with Crippen molar-refractivity contribution in [2.24, 2.45) is 0 Å². The number of hydrogen-bond donors (Lipinski definition) is 1. The number of rotatable bonds is 5. The maximum Gasteiger partial charge on any atom is 0.210 e. The molecule has 192 valence electrons. The van der Waals surface area contributed by atoms with Crippen LogP contribution in [0.2, 0.25) is 5.02 Å². The Morgan fingerprint density at radius 1 is 1.40 bits per heavy atom. The Kier molecular flexibility index (Phi) is 12.1. The fourth-order valence-electron chi connectivity index (χ4n) is 3.95. The lowest BCUT2D eigenvalue weighted by Crippen LogP contribution is -2.39. The molecule has 2 aromatic rings. The van der Waals surface area contributed by atoms with Crippen LogP contribution in [-0.2, 0) is 22.5 Å². The number of nitrogens with one attached hydrogen (secondary N) is 1. The quantitative estimate of drug-likeness (QED) is 0.364. The van der Waals surface area contributed by atoms with Gasteiger partial charge in [-0.25, -0.2) is 9.37 Å². The van der Waals surface area contributed by atoms with Gasteiger partial charge in [0, 0.05) is 31.1 Å². The van der Waals surface area contributed by atoms with Crippen LogP contribution in [0.3, 0.4) is 0 Å². The third-order valence-corrected chi connectivity index (χ3v) is 5.93. The molecule has 0 radical (unpaired) electrons. The van der Waals surface area contributed by atoms with Crippen molar-refractivity contribution in [2.75, 3.05) is 26.3 Å². The summed E-state index contributed by atoms with van der Waals surface area (Å²) < 4.78 is 19.6. The van der Waals surface area contributed by atoms with E-state index in [2.05, 4.69) is 23.3 Å². The van der Waals surface area contributed by atoms with Gasteiger partial charge in [-0.2, -0.15) is 0 Å². The molecule has 7 nitrogen and oxygen atoms in total. The smallest absolute Gasteiger partial charge is 0.210 e. The van der Waals surface area contributed by atoms with Gasteiger partial charge >= 0.3 is 0 Å². The van der Waals surface area contributed by atoms with Crippen LogP contribution in [0.5, 0.6) is 0 Å². The van der Waals surface area contributed by atoms with Gasteiger partial charge in [0.05, 0.1) is 32.0 Å². The first-order valence-electron chi connectivity index (χ1n) is 11.9. The van der Waals surface area contributed by atoms with E-state index in [1.54, 1.807) is 17.2 Å². The number of imidazole rings is 1. The van der Waals surface area contributed by atoms with Crippen molar-refractivity contribution in [1.82, 2.24) is 19.8 Å². The molecule has 0 spiro atoms. The van der Waals surface area contributed by atoms with Gasteiger partial charge in [0.1, 0.15) is 17.3 Å². The highest BCUT2D eigenvalue weighted by Gasteiger charge is 2.25. The minimum absolute atomic E-state index is 0.0140. The molecule has 0 saturated carbocycles. The zero-order valence-electron chi connectivity index (χ0n) is 21.0. The van der Waals surface area contributed by atoms with E-state index in [0.717, 1.165) is 50.4 Å². The molecule has 9 heteroatoms. The summed E-state index contributed by atoms with van der Waals surface area (Å²) in [6.07, 6.45) is 8.53. The van der Waals surface area contributed by atoms with Gasteiger partial charge in [-0.3, -0.25) is 9.59 Å². The van der Waals surface area contributed by atoms with Gasteiger partial charge in [-0.15, -0.1) is 0 Å². The van der Waals surface area contributed by atoms with Crippen LogP contribution >= 0.6 is 11.6 Å². The number of ketones is 1. The van der Waals surface area contributed by atoms with Crippen LogP contribution in [0.4, 0.5) is 4.39 Å². The Bertz CT molecular complexity index is 989. The number of morpholine rings is 1. The number of carbonyl (C=O) groups excluding carboxylic acids is 2. The first-order chi connectivity index (χ1) is 16.8. The molecule has 4 rings (SSSR count). The number of fused-ring (bicyclic) bond motifs is 1. The maximum absolute atomic E-state index is 12.5. The Labute approximate surface area is 212 Å². The Morgan fingerprint density at radius 2 is 2.17 bits per heavy atom. The lowest BCUT2D eigenvalue weighted by molar-refractivity contribution is -0.119. The molecule has 1 amide bonds. The average Bonchev–Trinajstić information content (AvgIpc) is 3.28. The summed E-state index contributed by atoms with van der Waals surface area (Å²) in [4.78, 5) is 27.8. The van der Waals surface area contributed by atoms with Gasteiger partial charge in [-0.05, 0) is 38.0 Å². The first kappa shape index (κ1) is 28.7. The van der Waals surface area contributed by atoms with E-state index in [9.17, 15) is 14.0 Å². The third kappa shape index (κ3) is 8.87. The Hall–Kier alpha value is -2.55. The number of allylic oxidation sites excluding steroid dienone is 1. The number of aromatic nitrogens is 2. The summed E-state index contributed by atoms with van der Waals surface area (Å²) >= 11 is 5.77. The molecule has 2 aliphatic heterocycles. The molecule has 0 aliphatic carbocycles. The molecule has 1 fully saturated rings. The summed E-state index contributed by atoms with van der Waals surface area (Å²) in [6, 6.07) is 5.09. The van der Waals surface area contributed by atoms with Crippen LogP contribution in [0.15, 0.2) is 36.5 Å². The van der Waals surface area contributed by atoms with E-state index in [4.69, 9.17) is 16.3 Å². The van der Waals surface area contributed by atoms with Crippen molar-refractivity contribution >= 4 is 23.8 Å².